The molecular weight excluding hydrogens is 318 g/mol. The fourth-order valence-electron chi connectivity index (χ4n) is 3.45. The highest BCUT2D eigenvalue weighted by molar-refractivity contribution is 5.90. The third kappa shape index (κ3) is 4.38. The van der Waals surface area contributed by atoms with E-state index < -0.39 is 0 Å². The van der Waals surface area contributed by atoms with Crippen molar-refractivity contribution in [2.24, 2.45) is 5.92 Å². The second-order valence-electron chi connectivity index (χ2n) is 6.59. The largest absolute Gasteiger partial charge is 0.465 e. The van der Waals surface area contributed by atoms with Gasteiger partial charge in [-0.2, -0.15) is 0 Å². The monoisotopic (exact) mass is 343 g/mol. The van der Waals surface area contributed by atoms with Crippen molar-refractivity contribution in [1.29, 1.82) is 0 Å². The number of nitrogens with zero attached hydrogens (tertiary/aromatic N) is 3. The first-order valence-corrected chi connectivity index (χ1v) is 8.91. The lowest BCUT2D eigenvalue weighted by Crippen LogP contribution is -2.36. The summed E-state index contributed by atoms with van der Waals surface area (Å²) in [5.41, 5.74) is 0.498. The molecule has 1 saturated heterocycles. The molecule has 1 unspecified atom stereocenters. The number of ether oxygens (including phenoxy) is 1. The summed E-state index contributed by atoms with van der Waals surface area (Å²) in [7, 11) is 1.37. The molecule has 1 amide bonds. The van der Waals surface area contributed by atoms with Gasteiger partial charge in [0, 0.05) is 38.8 Å². The molecule has 3 rings (SSSR count). The van der Waals surface area contributed by atoms with Gasteiger partial charge in [0.15, 0.2) is 0 Å². The normalized spacial score (nSPS) is 20.4. The second kappa shape index (κ2) is 8.14. The highest BCUT2D eigenvalue weighted by Gasteiger charge is 2.23. The molecule has 1 fully saturated rings. The van der Waals surface area contributed by atoms with Crippen molar-refractivity contribution in [3.05, 3.63) is 36.0 Å². The average molecular weight is 343 g/mol. The lowest BCUT2D eigenvalue weighted by atomic mass is 10.0. The Labute approximate surface area is 148 Å². The molecule has 1 aliphatic heterocycles. The van der Waals surface area contributed by atoms with Crippen molar-refractivity contribution >= 4 is 17.7 Å². The molecule has 6 heteroatoms. The Balaban J connectivity index is 1.60. The number of amides is 1. The minimum Gasteiger partial charge on any atom is -0.465 e. The number of aromatic nitrogens is 1. The van der Waals surface area contributed by atoms with Gasteiger partial charge in [-0.05, 0) is 37.3 Å². The van der Waals surface area contributed by atoms with Crippen LogP contribution in [-0.4, -0.2) is 55.0 Å². The molecule has 1 aliphatic carbocycles. The van der Waals surface area contributed by atoms with E-state index in [-0.39, 0.29) is 11.9 Å². The lowest BCUT2D eigenvalue weighted by Gasteiger charge is -2.23. The number of hydrogen-bond acceptors (Lipinski definition) is 5. The number of pyridine rings is 1. The van der Waals surface area contributed by atoms with Gasteiger partial charge in [0.2, 0.25) is 5.91 Å². The van der Waals surface area contributed by atoms with E-state index in [1.807, 2.05) is 4.90 Å². The van der Waals surface area contributed by atoms with E-state index in [4.69, 9.17) is 4.74 Å². The summed E-state index contributed by atoms with van der Waals surface area (Å²) in [6, 6.07) is 3.41. The molecule has 1 aromatic rings. The molecule has 2 heterocycles. The predicted molar refractivity (Wildman–Crippen MR) is 95.5 cm³/mol. The minimum atomic E-state index is -0.361. The van der Waals surface area contributed by atoms with Crippen molar-refractivity contribution in [2.75, 3.05) is 38.2 Å². The molecule has 2 aliphatic rings. The summed E-state index contributed by atoms with van der Waals surface area (Å²) in [4.78, 5) is 32.7. The zero-order valence-corrected chi connectivity index (χ0v) is 14.7. The van der Waals surface area contributed by atoms with Crippen LogP contribution in [0.5, 0.6) is 0 Å². The first-order chi connectivity index (χ1) is 12.2. The van der Waals surface area contributed by atoms with Gasteiger partial charge >= 0.3 is 5.97 Å². The molecule has 134 valence electrons. The zero-order chi connectivity index (χ0) is 17.6. The van der Waals surface area contributed by atoms with Gasteiger partial charge < -0.3 is 14.5 Å². The standard InChI is InChI=1S/C19H25N3O3/c1-25-19(24)16-7-8-20-17(14-16)21-9-4-10-22(12-11-21)18(23)13-15-5-2-3-6-15/h2,5,7-8,14-15H,3-4,6,9-13H2,1H3. The average Bonchev–Trinajstić information content (AvgIpc) is 3.02. The molecular formula is C19H25N3O3. The number of anilines is 1. The minimum absolute atomic E-state index is 0.245. The maximum absolute atomic E-state index is 12.5. The summed E-state index contributed by atoms with van der Waals surface area (Å²) >= 11 is 0. The van der Waals surface area contributed by atoms with Crippen LogP contribution >= 0.6 is 0 Å². The van der Waals surface area contributed by atoms with E-state index in [1.54, 1.807) is 18.3 Å². The maximum Gasteiger partial charge on any atom is 0.338 e. The molecule has 6 nitrogen and oxygen atoms in total. The molecule has 1 aromatic heterocycles. The summed E-state index contributed by atoms with van der Waals surface area (Å²) in [5, 5.41) is 0. The number of methoxy groups -OCH3 is 1. The molecule has 0 bridgehead atoms. The van der Waals surface area contributed by atoms with Crippen LogP contribution in [0.4, 0.5) is 5.82 Å². The fourth-order valence-corrected chi connectivity index (χ4v) is 3.45. The Morgan fingerprint density at radius 2 is 2.16 bits per heavy atom. The highest BCUT2D eigenvalue weighted by Crippen LogP contribution is 2.22. The van der Waals surface area contributed by atoms with Crippen molar-refractivity contribution < 1.29 is 14.3 Å². The van der Waals surface area contributed by atoms with Gasteiger partial charge in [0.1, 0.15) is 5.82 Å². The maximum atomic E-state index is 12.5. The Bertz CT molecular complexity index is 659. The lowest BCUT2D eigenvalue weighted by molar-refractivity contribution is -0.131. The summed E-state index contributed by atoms with van der Waals surface area (Å²) in [5.74, 6) is 1.05. The molecule has 0 N–H and O–H groups in total. The predicted octanol–water partition coefficient (Wildman–Crippen LogP) is 2.26. The SMILES string of the molecule is COC(=O)c1ccnc(N2CCCN(C(=O)CC3C=CCC3)CC2)c1. The van der Waals surface area contributed by atoms with E-state index in [2.05, 4.69) is 22.0 Å². The molecule has 1 atom stereocenters. The van der Waals surface area contributed by atoms with Gasteiger partial charge in [-0.1, -0.05) is 12.2 Å². The summed E-state index contributed by atoms with van der Waals surface area (Å²) < 4.78 is 4.77. The first kappa shape index (κ1) is 17.5. The Kier molecular flexibility index (Phi) is 5.68. The third-order valence-corrected chi connectivity index (χ3v) is 4.89. The number of allylic oxidation sites excluding steroid dienone is 2. The number of carbonyl (C=O) groups is 2. The second-order valence-corrected chi connectivity index (χ2v) is 6.59. The third-order valence-electron chi connectivity index (χ3n) is 4.89. The van der Waals surface area contributed by atoms with E-state index in [0.29, 0.717) is 24.4 Å². The molecule has 0 aromatic carbocycles. The van der Waals surface area contributed by atoms with Gasteiger partial charge in [-0.25, -0.2) is 9.78 Å². The summed E-state index contributed by atoms with van der Waals surface area (Å²) in [6.45, 7) is 3.02. The van der Waals surface area contributed by atoms with E-state index in [1.165, 1.54) is 7.11 Å². The van der Waals surface area contributed by atoms with Crippen LogP contribution in [0.15, 0.2) is 30.5 Å². The fraction of sp³-hybridized carbons (Fsp3) is 0.526. The van der Waals surface area contributed by atoms with Crippen LogP contribution in [0.1, 0.15) is 36.0 Å². The quantitative estimate of drug-likeness (QED) is 0.620. The Hall–Kier alpha value is -2.37. The van der Waals surface area contributed by atoms with Crippen LogP contribution in [0.25, 0.3) is 0 Å². The molecule has 25 heavy (non-hydrogen) atoms. The number of esters is 1. The van der Waals surface area contributed by atoms with Gasteiger partial charge in [-0.15, -0.1) is 0 Å². The van der Waals surface area contributed by atoms with Crippen LogP contribution < -0.4 is 4.90 Å². The first-order valence-electron chi connectivity index (χ1n) is 8.91. The topological polar surface area (TPSA) is 62.7 Å². The van der Waals surface area contributed by atoms with Crippen molar-refractivity contribution in [3.63, 3.8) is 0 Å². The molecule has 0 radical (unpaired) electrons. The summed E-state index contributed by atoms with van der Waals surface area (Å²) in [6.07, 6.45) is 9.67. The highest BCUT2D eigenvalue weighted by atomic mass is 16.5. The van der Waals surface area contributed by atoms with Gasteiger partial charge in [-0.3, -0.25) is 4.79 Å². The van der Waals surface area contributed by atoms with Gasteiger partial charge in [0.05, 0.1) is 12.7 Å². The zero-order valence-electron chi connectivity index (χ0n) is 14.7. The van der Waals surface area contributed by atoms with Crippen molar-refractivity contribution in [1.82, 2.24) is 9.88 Å². The van der Waals surface area contributed by atoms with Crippen molar-refractivity contribution in [3.8, 4) is 0 Å². The Morgan fingerprint density at radius 3 is 2.92 bits per heavy atom. The van der Waals surface area contributed by atoms with Crippen LogP contribution in [0.3, 0.4) is 0 Å². The van der Waals surface area contributed by atoms with Crippen LogP contribution in [0.2, 0.25) is 0 Å². The Morgan fingerprint density at radius 1 is 1.28 bits per heavy atom. The van der Waals surface area contributed by atoms with E-state index in [0.717, 1.165) is 44.7 Å². The van der Waals surface area contributed by atoms with Crippen molar-refractivity contribution in [2.45, 2.75) is 25.7 Å². The van der Waals surface area contributed by atoms with Crippen LogP contribution in [-0.2, 0) is 9.53 Å². The van der Waals surface area contributed by atoms with E-state index >= 15 is 0 Å². The smallest absolute Gasteiger partial charge is 0.338 e. The molecule has 0 spiro atoms. The molecule has 0 saturated carbocycles. The number of rotatable bonds is 4. The van der Waals surface area contributed by atoms with Crippen LogP contribution in [0, 0.1) is 5.92 Å². The number of carbonyl (C=O) groups excluding carboxylic acids is 2. The number of hydrogen-bond donors (Lipinski definition) is 0. The van der Waals surface area contributed by atoms with Gasteiger partial charge in [0.25, 0.3) is 0 Å². The van der Waals surface area contributed by atoms with E-state index in [9.17, 15) is 9.59 Å².